The lowest BCUT2D eigenvalue weighted by atomic mass is 10.1. The molecule has 1 N–H and O–H groups in total. The molecule has 0 bridgehead atoms. The molecule has 2 rings (SSSR count). The SMILES string of the molecule is COc1ccc(N2CC(C)CN(C)CC2CO)cc1. The third kappa shape index (κ3) is 3.39. The van der Waals surface area contributed by atoms with Crippen molar-refractivity contribution in [1.29, 1.82) is 0 Å². The first-order valence-corrected chi connectivity index (χ1v) is 6.84. The molecule has 0 aromatic heterocycles. The normalized spacial score (nSPS) is 25.2. The van der Waals surface area contributed by atoms with Gasteiger partial charge in [-0.25, -0.2) is 0 Å². The average Bonchev–Trinajstić information content (AvgIpc) is 2.56. The third-order valence-electron chi connectivity index (χ3n) is 3.71. The summed E-state index contributed by atoms with van der Waals surface area (Å²) in [6.45, 7) is 5.38. The number of ether oxygens (including phenoxy) is 1. The zero-order valence-corrected chi connectivity index (χ0v) is 12.0. The fourth-order valence-corrected chi connectivity index (χ4v) is 2.85. The first kappa shape index (κ1) is 14.2. The number of rotatable bonds is 3. The number of likely N-dealkylation sites (N-methyl/N-ethyl adjacent to an activating group) is 1. The summed E-state index contributed by atoms with van der Waals surface area (Å²) in [6, 6.07) is 8.24. The molecule has 1 aliphatic heterocycles. The van der Waals surface area contributed by atoms with Crippen molar-refractivity contribution in [3.05, 3.63) is 24.3 Å². The van der Waals surface area contributed by atoms with Crippen molar-refractivity contribution in [2.24, 2.45) is 5.92 Å². The summed E-state index contributed by atoms with van der Waals surface area (Å²) in [7, 11) is 3.80. The Morgan fingerprint density at radius 1 is 1.21 bits per heavy atom. The Morgan fingerprint density at radius 2 is 1.89 bits per heavy atom. The van der Waals surface area contributed by atoms with E-state index in [1.165, 1.54) is 0 Å². The highest BCUT2D eigenvalue weighted by Crippen LogP contribution is 2.24. The van der Waals surface area contributed by atoms with Crippen LogP contribution in [0.3, 0.4) is 0 Å². The monoisotopic (exact) mass is 264 g/mol. The van der Waals surface area contributed by atoms with Crippen molar-refractivity contribution < 1.29 is 9.84 Å². The quantitative estimate of drug-likeness (QED) is 0.896. The molecule has 1 aromatic carbocycles. The van der Waals surface area contributed by atoms with Gasteiger partial charge < -0.3 is 19.6 Å². The van der Waals surface area contributed by atoms with Crippen molar-refractivity contribution in [2.75, 3.05) is 45.3 Å². The number of hydrogen-bond donors (Lipinski definition) is 1. The van der Waals surface area contributed by atoms with E-state index in [2.05, 4.69) is 35.9 Å². The number of anilines is 1. The van der Waals surface area contributed by atoms with Gasteiger partial charge in [0.2, 0.25) is 0 Å². The summed E-state index contributed by atoms with van der Waals surface area (Å²) in [5, 5.41) is 9.66. The molecule has 0 amide bonds. The van der Waals surface area contributed by atoms with E-state index in [1.807, 2.05) is 12.1 Å². The van der Waals surface area contributed by atoms with Crippen molar-refractivity contribution in [3.8, 4) is 5.75 Å². The molecule has 0 saturated carbocycles. The summed E-state index contributed by atoms with van der Waals surface area (Å²) in [5.41, 5.74) is 1.15. The van der Waals surface area contributed by atoms with Gasteiger partial charge in [0, 0.05) is 25.3 Å². The standard InChI is InChI=1S/C15H24N2O2/c1-12-8-16(2)10-14(11-18)17(9-12)13-4-6-15(19-3)7-5-13/h4-7,12,14,18H,8-11H2,1-3H3. The van der Waals surface area contributed by atoms with Crippen LogP contribution in [0.5, 0.6) is 5.75 Å². The fourth-order valence-electron chi connectivity index (χ4n) is 2.85. The minimum absolute atomic E-state index is 0.156. The van der Waals surface area contributed by atoms with E-state index in [9.17, 15) is 5.11 Å². The number of benzene rings is 1. The second kappa shape index (κ2) is 6.26. The topological polar surface area (TPSA) is 35.9 Å². The van der Waals surface area contributed by atoms with Crippen LogP contribution in [0.15, 0.2) is 24.3 Å². The lowest BCUT2D eigenvalue weighted by Gasteiger charge is -2.32. The lowest BCUT2D eigenvalue weighted by Crippen LogP contribution is -2.43. The Kier molecular flexibility index (Phi) is 4.66. The second-order valence-corrected chi connectivity index (χ2v) is 5.51. The predicted molar refractivity (Wildman–Crippen MR) is 77.9 cm³/mol. The number of methoxy groups -OCH3 is 1. The van der Waals surface area contributed by atoms with E-state index in [-0.39, 0.29) is 12.6 Å². The summed E-state index contributed by atoms with van der Waals surface area (Å²) in [5.74, 6) is 1.45. The first-order chi connectivity index (χ1) is 9.13. The molecule has 2 unspecified atom stereocenters. The Bertz CT molecular complexity index is 394. The van der Waals surface area contributed by atoms with E-state index >= 15 is 0 Å². The molecule has 1 aromatic rings. The van der Waals surface area contributed by atoms with Gasteiger partial charge in [0.05, 0.1) is 19.8 Å². The Hall–Kier alpha value is -1.26. The maximum Gasteiger partial charge on any atom is 0.119 e. The third-order valence-corrected chi connectivity index (χ3v) is 3.71. The van der Waals surface area contributed by atoms with Crippen molar-refractivity contribution >= 4 is 5.69 Å². The molecule has 1 fully saturated rings. The molecule has 19 heavy (non-hydrogen) atoms. The molecule has 1 heterocycles. The van der Waals surface area contributed by atoms with Crippen LogP contribution in [0.4, 0.5) is 5.69 Å². The maximum absolute atomic E-state index is 9.66. The smallest absolute Gasteiger partial charge is 0.119 e. The van der Waals surface area contributed by atoms with Crippen LogP contribution in [-0.4, -0.2) is 56.4 Å². The molecule has 2 atom stereocenters. The van der Waals surface area contributed by atoms with Gasteiger partial charge in [0.15, 0.2) is 0 Å². The van der Waals surface area contributed by atoms with Gasteiger partial charge in [0.1, 0.15) is 5.75 Å². The van der Waals surface area contributed by atoms with Gasteiger partial charge in [0.25, 0.3) is 0 Å². The molecule has 106 valence electrons. The van der Waals surface area contributed by atoms with E-state index in [0.29, 0.717) is 5.92 Å². The highest BCUT2D eigenvalue weighted by atomic mass is 16.5. The Balaban J connectivity index is 2.22. The summed E-state index contributed by atoms with van der Waals surface area (Å²) >= 11 is 0. The molecule has 4 heteroatoms. The van der Waals surface area contributed by atoms with Crippen LogP contribution in [-0.2, 0) is 0 Å². The summed E-state index contributed by atoms with van der Waals surface area (Å²) in [6.07, 6.45) is 0. The number of nitrogens with zero attached hydrogens (tertiary/aromatic N) is 2. The second-order valence-electron chi connectivity index (χ2n) is 5.51. The largest absolute Gasteiger partial charge is 0.497 e. The van der Waals surface area contributed by atoms with Gasteiger partial charge >= 0.3 is 0 Å². The van der Waals surface area contributed by atoms with E-state index in [1.54, 1.807) is 7.11 Å². The Morgan fingerprint density at radius 3 is 2.47 bits per heavy atom. The van der Waals surface area contributed by atoms with Crippen molar-refractivity contribution in [1.82, 2.24) is 4.90 Å². The summed E-state index contributed by atoms with van der Waals surface area (Å²) in [4.78, 5) is 4.61. The number of hydrogen-bond acceptors (Lipinski definition) is 4. The molecule has 0 aliphatic carbocycles. The van der Waals surface area contributed by atoms with Gasteiger partial charge in [-0.2, -0.15) is 0 Å². The van der Waals surface area contributed by atoms with E-state index in [4.69, 9.17) is 4.74 Å². The van der Waals surface area contributed by atoms with Crippen LogP contribution in [0.2, 0.25) is 0 Å². The van der Waals surface area contributed by atoms with Crippen LogP contribution < -0.4 is 9.64 Å². The average molecular weight is 264 g/mol. The molecule has 4 nitrogen and oxygen atoms in total. The van der Waals surface area contributed by atoms with Crippen molar-refractivity contribution in [2.45, 2.75) is 13.0 Å². The first-order valence-electron chi connectivity index (χ1n) is 6.84. The zero-order valence-electron chi connectivity index (χ0n) is 12.0. The predicted octanol–water partition coefficient (Wildman–Crippen LogP) is 1.44. The zero-order chi connectivity index (χ0) is 13.8. The molecule has 0 spiro atoms. The van der Waals surface area contributed by atoms with Crippen LogP contribution in [0, 0.1) is 5.92 Å². The van der Waals surface area contributed by atoms with Crippen LogP contribution in [0.25, 0.3) is 0 Å². The Labute approximate surface area is 115 Å². The number of aliphatic hydroxyl groups is 1. The van der Waals surface area contributed by atoms with E-state index < -0.39 is 0 Å². The van der Waals surface area contributed by atoms with Gasteiger partial charge in [-0.1, -0.05) is 6.92 Å². The van der Waals surface area contributed by atoms with Gasteiger partial charge in [-0.05, 0) is 37.2 Å². The van der Waals surface area contributed by atoms with Crippen LogP contribution >= 0.6 is 0 Å². The highest BCUT2D eigenvalue weighted by Gasteiger charge is 2.26. The van der Waals surface area contributed by atoms with Crippen molar-refractivity contribution in [3.63, 3.8) is 0 Å². The molecular formula is C15H24N2O2. The summed E-state index contributed by atoms with van der Waals surface area (Å²) < 4.78 is 5.20. The fraction of sp³-hybridized carbons (Fsp3) is 0.600. The van der Waals surface area contributed by atoms with Gasteiger partial charge in [-0.15, -0.1) is 0 Å². The number of aliphatic hydroxyl groups excluding tert-OH is 1. The molecule has 0 radical (unpaired) electrons. The van der Waals surface area contributed by atoms with Gasteiger partial charge in [-0.3, -0.25) is 0 Å². The maximum atomic E-state index is 9.66. The van der Waals surface area contributed by atoms with Crippen LogP contribution in [0.1, 0.15) is 6.92 Å². The minimum Gasteiger partial charge on any atom is -0.497 e. The van der Waals surface area contributed by atoms with E-state index in [0.717, 1.165) is 31.1 Å². The molecule has 1 saturated heterocycles. The minimum atomic E-state index is 0.156. The molecular weight excluding hydrogens is 240 g/mol. The lowest BCUT2D eigenvalue weighted by molar-refractivity contribution is 0.226. The highest BCUT2D eigenvalue weighted by molar-refractivity contribution is 5.50. The molecule has 1 aliphatic rings.